The molecule has 1 N–H and O–H groups in total. The van der Waals surface area contributed by atoms with E-state index < -0.39 is 0 Å². The van der Waals surface area contributed by atoms with Crippen LogP contribution < -0.4 is 5.32 Å². The predicted molar refractivity (Wildman–Crippen MR) is 87.3 cm³/mol. The van der Waals surface area contributed by atoms with Crippen LogP contribution in [0.2, 0.25) is 5.02 Å². The Morgan fingerprint density at radius 3 is 2.40 bits per heavy atom. The van der Waals surface area contributed by atoms with E-state index in [1.165, 1.54) is 31.5 Å². The average molecular weight is 295 g/mol. The van der Waals surface area contributed by atoms with Crippen molar-refractivity contribution in [3.8, 4) is 0 Å². The van der Waals surface area contributed by atoms with E-state index in [4.69, 9.17) is 11.6 Å². The van der Waals surface area contributed by atoms with E-state index in [2.05, 4.69) is 43.2 Å². The summed E-state index contributed by atoms with van der Waals surface area (Å²) in [6.45, 7) is 8.19. The number of nitrogens with one attached hydrogen (secondary N) is 1. The van der Waals surface area contributed by atoms with Gasteiger partial charge in [-0.3, -0.25) is 0 Å². The Morgan fingerprint density at radius 1 is 1.25 bits per heavy atom. The summed E-state index contributed by atoms with van der Waals surface area (Å²) in [4.78, 5) is 2.43. The molecular weight excluding hydrogens is 268 g/mol. The zero-order valence-electron chi connectivity index (χ0n) is 13.0. The lowest BCUT2D eigenvalue weighted by atomic mass is 9.80. The van der Waals surface area contributed by atoms with Crippen LogP contribution in [-0.4, -0.2) is 31.6 Å². The molecule has 112 valence electrons. The van der Waals surface area contributed by atoms with Crippen LogP contribution in [0, 0.1) is 5.41 Å². The highest BCUT2D eigenvalue weighted by molar-refractivity contribution is 6.30. The summed E-state index contributed by atoms with van der Waals surface area (Å²) in [6, 6.07) is 8.68. The van der Waals surface area contributed by atoms with E-state index in [1.807, 2.05) is 12.1 Å². The Hall–Kier alpha value is -0.570. The van der Waals surface area contributed by atoms with Crippen molar-refractivity contribution < 1.29 is 0 Å². The fourth-order valence-electron chi connectivity index (χ4n) is 2.90. The first-order valence-corrected chi connectivity index (χ1v) is 8.07. The van der Waals surface area contributed by atoms with Crippen molar-refractivity contribution in [2.45, 2.75) is 39.2 Å². The van der Waals surface area contributed by atoms with E-state index in [0.717, 1.165) is 18.0 Å². The summed E-state index contributed by atoms with van der Waals surface area (Å²) in [5.41, 5.74) is 1.78. The van der Waals surface area contributed by atoms with Crippen LogP contribution in [0.15, 0.2) is 24.3 Å². The second-order valence-corrected chi connectivity index (χ2v) is 6.94. The van der Waals surface area contributed by atoms with Crippen LogP contribution in [0.3, 0.4) is 0 Å². The zero-order valence-corrected chi connectivity index (χ0v) is 13.7. The van der Waals surface area contributed by atoms with Crippen molar-refractivity contribution in [1.29, 1.82) is 0 Å². The topological polar surface area (TPSA) is 15.3 Å². The van der Waals surface area contributed by atoms with Gasteiger partial charge in [-0.2, -0.15) is 0 Å². The molecule has 0 saturated carbocycles. The molecule has 1 unspecified atom stereocenters. The maximum absolute atomic E-state index is 5.97. The third-order valence-electron chi connectivity index (χ3n) is 4.65. The van der Waals surface area contributed by atoms with Crippen LogP contribution in [0.1, 0.15) is 44.7 Å². The van der Waals surface area contributed by atoms with Crippen molar-refractivity contribution >= 4 is 11.6 Å². The Kier molecular flexibility index (Phi) is 5.48. The molecule has 1 aliphatic rings. The standard InChI is InChI=1S/C17H27ClN2/c1-4-16(14-5-7-15(18)8-6-14)19-13-17(2)9-11-20(3)12-10-17/h5-8,16,19H,4,9-13H2,1-3H3. The molecule has 1 saturated heterocycles. The summed E-state index contributed by atoms with van der Waals surface area (Å²) < 4.78 is 0. The lowest BCUT2D eigenvalue weighted by Gasteiger charge is -2.39. The number of hydrogen-bond acceptors (Lipinski definition) is 2. The number of hydrogen-bond donors (Lipinski definition) is 1. The summed E-state index contributed by atoms with van der Waals surface area (Å²) in [7, 11) is 2.22. The first-order chi connectivity index (χ1) is 9.52. The van der Waals surface area contributed by atoms with Gasteiger partial charge in [-0.1, -0.05) is 37.6 Å². The molecule has 0 aliphatic carbocycles. The molecule has 0 aromatic heterocycles. The van der Waals surface area contributed by atoms with Crippen molar-refractivity contribution in [2.75, 3.05) is 26.7 Å². The van der Waals surface area contributed by atoms with E-state index in [-0.39, 0.29) is 0 Å². The number of piperidine rings is 1. The molecule has 1 fully saturated rings. The van der Waals surface area contributed by atoms with Crippen LogP contribution in [-0.2, 0) is 0 Å². The highest BCUT2D eigenvalue weighted by Crippen LogP contribution is 2.30. The third-order valence-corrected chi connectivity index (χ3v) is 4.90. The molecule has 1 heterocycles. The van der Waals surface area contributed by atoms with Crippen LogP contribution in [0.5, 0.6) is 0 Å². The first-order valence-electron chi connectivity index (χ1n) is 7.70. The van der Waals surface area contributed by atoms with Crippen LogP contribution in [0.4, 0.5) is 0 Å². The molecule has 0 bridgehead atoms. The van der Waals surface area contributed by atoms with Gasteiger partial charge >= 0.3 is 0 Å². The van der Waals surface area contributed by atoms with Gasteiger partial charge in [0, 0.05) is 17.6 Å². The fourth-order valence-corrected chi connectivity index (χ4v) is 3.02. The van der Waals surface area contributed by atoms with Gasteiger partial charge in [0.15, 0.2) is 0 Å². The molecule has 2 nitrogen and oxygen atoms in total. The highest BCUT2D eigenvalue weighted by Gasteiger charge is 2.29. The molecular formula is C17H27ClN2. The van der Waals surface area contributed by atoms with Crippen LogP contribution in [0.25, 0.3) is 0 Å². The van der Waals surface area contributed by atoms with Gasteiger partial charge in [0.25, 0.3) is 0 Å². The normalized spacial score (nSPS) is 20.8. The maximum atomic E-state index is 5.97. The molecule has 1 aliphatic heterocycles. The largest absolute Gasteiger partial charge is 0.309 e. The second kappa shape index (κ2) is 6.93. The van der Waals surface area contributed by atoms with Crippen molar-refractivity contribution in [2.24, 2.45) is 5.41 Å². The molecule has 2 rings (SSSR count). The molecule has 0 radical (unpaired) electrons. The minimum atomic E-state index is 0.434. The van der Waals surface area contributed by atoms with E-state index in [9.17, 15) is 0 Å². The van der Waals surface area contributed by atoms with Gasteiger partial charge in [-0.05, 0) is 62.5 Å². The smallest absolute Gasteiger partial charge is 0.0406 e. The lowest BCUT2D eigenvalue weighted by molar-refractivity contribution is 0.133. The molecule has 1 atom stereocenters. The van der Waals surface area contributed by atoms with Gasteiger partial charge < -0.3 is 10.2 Å². The number of likely N-dealkylation sites (tertiary alicyclic amines) is 1. The Morgan fingerprint density at radius 2 is 1.85 bits per heavy atom. The second-order valence-electron chi connectivity index (χ2n) is 6.51. The SMILES string of the molecule is CCC(NCC1(C)CCN(C)CC1)c1ccc(Cl)cc1. The average Bonchev–Trinajstić information content (AvgIpc) is 2.45. The van der Waals surface area contributed by atoms with Crippen molar-refractivity contribution in [3.63, 3.8) is 0 Å². The third kappa shape index (κ3) is 4.21. The van der Waals surface area contributed by atoms with Crippen LogP contribution >= 0.6 is 11.6 Å². The molecule has 3 heteroatoms. The van der Waals surface area contributed by atoms with Gasteiger partial charge in [-0.25, -0.2) is 0 Å². The fraction of sp³-hybridized carbons (Fsp3) is 0.647. The number of rotatable bonds is 5. The summed E-state index contributed by atoms with van der Waals surface area (Å²) >= 11 is 5.97. The van der Waals surface area contributed by atoms with Gasteiger partial charge in [0.1, 0.15) is 0 Å². The number of benzene rings is 1. The van der Waals surface area contributed by atoms with E-state index in [1.54, 1.807) is 0 Å². The van der Waals surface area contributed by atoms with Gasteiger partial charge in [-0.15, -0.1) is 0 Å². The lowest BCUT2D eigenvalue weighted by Crippen LogP contribution is -2.42. The van der Waals surface area contributed by atoms with E-state index in [0.29, 0.717) is 11.5 Å². The summed E-state index contributed by atoms with van der Waals surface area (Å²) in [5.74, 6) is 0. The highest BCUT2D eigenvalue weighted by atomic mass is 35.5. The van der Waals surface area contributed by atoms with Gasteiger partial charge in [0.05, 0.1) is 0 Å². The summed E-state index contributed by atoms with van der Waals surface area (Å²) in [5, 5.41) is 4.58. The minimum absolute atomic E-state index is 0.434. The quantitative estimate of drug-likeness (QED) is 0.879. The van der Waals surface area contributed by atoms with Gasteiger partial charge in [0.2, 0.25) is 0 Å². The molecule has 1 aromatic carbocycles. The zero-order chi connectivity index (χ0) is 14.6. The number of nitrogens with zero attached hydrogens (tertiary/aromatic N) is 1. The Labute approximate surface area is 128 Å². The number of halogens is 1. The maximum Gasteiger partial charge on any atom is 0.0406 e. The summed E-state index contributed by atoms with van der Waals surface area (Å²) in [6.07, 6.45) is 3.68. The Balaban J connectivity index is 1.92. The van der Waals surface area contributed by atoms with Crippen molar-refractivity contribution in [3.05, 3.63) is 34.9 Å². The van der Waals surface area contributed by atoms with E-state index >= 15 is 0 Å². The minimum Gasteiger partial charge on any atom is -0.309 e. The van der Waals surface area contributed by atoms with Crippen molar-refractivity contribution in [1.82, 2.24) is 10.2 Å². The molecule has 0 amide bonds. The monoisotopic (exact) mass is 294 g/mol. The predicted octanol–water partition coefficient (Wildman–Crippen LogP) is 4.11. The Bertz CT molecular complexity index is 408. The molecule has 0 spiro atoms. The molecule has 20 heavy (non-hydrogen) atoms. The first kappa shape index (κ1) is 15.8. The molecule has 1 aromatic rings.